The molecule has 0 radical (unpaired) electrons. The lowest BCUT2D eigenvalue weighted by molar-refractivity contribution is 0.0983. The van der Waals surface area contributed by atoms with E-state index in [0.717, 1.165) is 5.69 Å². The van der Waals surface area contributed by atoms with E-state index in [1.807, 2.05) is 30.3 Å². The van der Waals surface area contributed by atoms with Crippen LogP contribution in [0.3, 0.4) is 0 Å². The molecule has 0 N–H and O–H groups in total. The number of carbonyl (C=O) groups excluding carboxylic acids is 1. The average molecular weight is 213 g/mol. The Morgan fingerprint density at radius 2 is 1.69 bits per heavy atom. The highest BCUT2D eigenvalue weighted by atomic mass is 16.2. The monoisotopic (exact) mass is 213 g/mol. The maximum absolute atomic E-state index is 11.9. The standard InChI is InChI=1S/C12H11N3O/c1-15(10-6-3-2-4-7-10)12(16)11-13-8-5-9-14-11/h2-9H,1H3. The van der Waals surface area contributed by atoms with Crippen LogP contribution in [0.4, 0.5) is 5.69 Å². The summed E-state index contributed by atoms with van der Waals surface area (Å²) in [5, 5.41) is 0. The Morgan fingerprint density at radius 3 is 2.31 bits per heavy atom. The van der Waals surface area contributed by atoms with Crippen molar-refractivity contribution < 1.29 is 4.79 Å². The predicted molar refractivity (Wildman–Crippen MR) is 61.2 cm³/mol. The zero-order chi connectivity index (χ0) is 11.4. The van der Waals surface area contributed by atoms with Crippen molar-refractivity contribution in [1.82, 2.24) is 9.97 Å². The van der Waals surface area contributed by atoms with Gasteiger partial charge in [0.1, 0.15) is 0 Å². The third-order valence-corrected chi connectivity index (χ3v) is 2.21. The van der Waals surface area contributed by atoms with Gasteiger partial charge in [-0.3, -0.25) is 4.79 Å². The van der Waals surface area contributed by atoms with Crippen molar-refractivity contribution in [3.63, 3.8) is 0 Å². The minimum Gasteiger partial charge on any atom is -0.309 e. The van der Waals surface area contributed by atoms with Crippen molar-refractivity contribution in [3.05, 3.63) is 54.6 Å². The minimum atomic E-state index is -0.216. The molecule has 0 bridgehead atoms. The zero-order valence-corrected chi connectivity index (χ0v) is 8.87. The van der Waals surface area contributed by atoms with Crippen LogP contribution in [0.15, 0.2) is 48.8 Å². The summed E-state index contributed by atoms with van der Waals surface area (Å²) in [6, 6.07) is 11.1. The number of benzene rings is 1. The Kier molecular flexibility index (Phi) is 2.91. The first kappa shape index (κ1) is 10.3. The van der Waals surface area contributed by atoms with Crippen LogP contribution < -0.4 is 4.90 Å². The van der Waals surface area contributed by atoms with Gasteiger partial charge in [0.15, 0.2) is 0 Å². The van der Waals surface area contributed by atoms with E-state index < -0.39 is 0 Å². The first-order chi connectivity index (χ1) is 7.79. The average Bonchev–Trinajstić information content (AvgIpc) is 2.39. The van der Waals surface area contributed by atoms with Gasteiger partial charge in [-0.2, -0.15) is 0 Å². The molecule has 0 aliphatic rings. The number of aromatic nitrogens is 2. The maximum Gasteiger partial charge on any atom is 0.295 e. The highest BCUT2D eigenvalue weighted by Gasteiger charge is 2.14. The number of carbonyl (C=O) groups is 1. The molecule has 16 heavy (non-hydrogen) atoms. The van der Waals surface area contributed by atoms with E-state index in [1.165, 1.54) is 4.90 Å². The first-order valence-corrected chi connectivity index (χ1v) is 4.89. The highest BCUT2D eigenvalue weighted by Crippen LogP contribution is 2.12. The molecule has 0 atom stereocenters. The third-order valence-electron chi connectivity index (χ3n) is 2.21. The summed E-state index contributed by atoms with van der Waals surface area (Å²) in [7, 11) is 1.70. The summed E-state index contributed by atoms with van der Waals surface area (Å²) in [5.41, 5.74) is 0.819. The number of nitrogens with zero attached hydrogens (tertiary/aromatic N) is 3. The molecule has 1 heterocycles. The van der Waals surface area contributed by atoms with Gasteiger partial charge < -0.3 is 4.90 Å². The van der Waals surface area contributed by atoms with Crippen molar-refractivity contribution in [2.45, 2.75) is 0 Å². The van der Waals surface area contributed by atoms with Gasteiger partial charge in [0.05, 0.1) is 0 Å². The zero-order valence-electron chi connectivity index (χ0n) is 8.87. The molecule has 2 rings (SSSR count). The molecular formula is C12H11N3O. The van der Waals surface area contributed by atoms with Gasteiger partial charge in [-0.1, -0.05) is 18.2 Å². The molecule has 1 aromatic heterocycles. The molecule has 0 saturated carbocycles. The highest BCUT2D eigenvalue weighted by molar-refractivity contribution is 6.02. The smallest absolute Gasteiger partial charge is 0.295 e. The molecule has 0 saturated heterocycles. The van der Waals surface area contributed by atoms with Crippen LogP contribution >= 0.6 is 0 Å². The van der Waals surface area contributed by atoms with Crippen LogP contribution in [0.2, 0.25) is 0 Å². The Morgan fingerprint density at radius 1 is 1.06 bits per heavy atom. The van der Waals surface area contributed by atoms with Gasteiger partial charge in [0.25, 0.3) is 5.91 Å². The van der Waals surface area contributed by atoms with Gasteiger partial charge in [0.2, 0.25) is 5.82 Å². The number of para-hydroxylation sites is 1. The molecule has 4 nitrogen and oxygen atoms in total. The normalized spacial score (nSPS) is 9.81. The van der Waals surface area contributed by atoms with Crippen LogP contribution in [0, 0.1) is 0 Å². The lowest BCUT2D eigenvalue weighted by Gasteiger charge is -2.15. The Bertz CT molecular complexity index is 470. The number of hydrogen-bond donors (Lipinski definition) is 0. The van der Waals surface area contributed by atoms with Crippen molar-refractivity contribution in [3.8, 4) is 0 Å². The molecule has 0 aliphatic heterocycles. The molecule has 4 heteroatoms. The van der Waals surface area contributed by atoms with Crippen molar-refractivity contribution in [1.29, 1.82) is 0 Å². The second-order valence-corrected chi connectivity index (χ2v) is 3.27. The number of rotatable bonds is 2. The quantitative estimate of drug-likeness (QED) is 0.763. The summed E-state index contributed by atoms with van der Waals surface area (Å²) in [5.74, 6) is -0.0133. The van der Waals surface area contributed by atoms with E-state index in [9.17, 15) is 4.79 Å². The predicted octanol–water partition coefficient (Wildman–Crippen LogP) is 1.75. The Hall–Kier alpha value is -2.23. The van der Waals surface area contributed by atoms with Crippen molar-refractivity contribution >= 4 is 11.6 Å². The van der Waals surface area contributed by atoms with E-state index in [2.05, 4.69) is 9.97 Å². The van der Waals surface area contributed by atoms with Gasteiger partial charge in [-0.25, -0.2) is 9.97 Å². The Labute approximate surface area is 93.6 Å². The van der Waals surface area contributed by atoms with E-state index >= 15 is 0 Å². The lowest BCUT2D eigenvalue weighted by atomic mass is 10.3. The Balaban J connectivity index is 2.24. The fraction of sp³-hybridized carbons (Fsp3) is 0.0833. The largest absolute Gasteiger partial charge is 0.309 e. The number of amides is 1. The second-order valence-electron chi connectivity index (χ2n) is 3.27. The molecular weight excluding hydrogens is 202 g/mol. The van der Waals surface area contributed by atoms with Crippen molar-refractivity contribution in [2.75, 3.05) is 11.9 Å². The molecule has 0 aliphatic carbocycles. The fourth-order valence-corrected chi connectivity index (χ4v) is 1.33. The SMILES string of the molecule is CN(C(=O)c1ncccn1)c1ccccc1. The summed E-state index contributed by atoms with van der Waals surface area (Å²) in [6.45, 7) is 0. The summed E-state index contributed by atoms with van der Waals surface area (Å²) >= 11 is 0. The molecule has 0 spiro atoms. The van der Waals surface area contributed by atoms with E-state index in [1.54, 1.807) is 25.5 Å². The van der Waals surface area contributed by atoms with Crippen LogP contribution in [-0.4, -0.2) is 22.9 Å². The molecule has 1 aromatic carbocycles. The molecule has 0 fully saturated rings. The van der Waals surface area contributed by atoms with Gasteiger partial charge in [-0.05, 0) is 18.2 Å². The molecule has 80 valence electrons. The van der Waals surface area contributed by atoms with E-state index in [4.69, 9.17) is 0 Å². The summed E-state index contributed by atoms with van der Waals surface area (Å²) < 4.78 is 0. The molecule has 1 amide bonds. The topological polar surface area (TPSA) is 46.1 Å². The van der Waals surface area contributed by atoms with Crippen LogP contribution in [0.5, 0.6) is 0 Å². The van der Waals surface area contributed by atoms with Crippen LogP contribution in [0.1, 0.15) is 10.6 Å². The summed E-state index contributed by atoms with van der Waals surface area (Å²) in [4.78, 5) is 21.3. The van der Waals surface area contributed by atoms with Gasteiger partial charge in [-0.15, -0.1) is 0 Å². The van der Waals surface area contributed by atoms with Gasteiger partial charge in [0, 0.05) is 25.1 Å². The van der Waals surface area contributed by atoms with E-state index in [-0.39, 0.29) is 11.7 Å². The second kappa shape index (κ2) is 4.53. The lowest BCUT2D eigenvalue weighted by Crippen LogP contribution is -2.27. The summed E-state index contributed by atoms with van der Waals surface area (Å²) in [6.07, 6.45) is 3.11. The maximum atomic E-state index is 11.9. The van der Waals surface area contributed by atoms with Crippen molar-refractivity contribution in [2.24, 2.45) is 0 Å². The number of anilines is 1. The third kappa shape index (κ3) is 2.06. The first-order valence-electron chi connectivity index (χ1n) is 4.89. The van der Waals surface area contributed by atoms with Crippen LogP contribution in [-0.2, 0) is 0 Å². The van der Waals surface area contributed by atoms with Gasteiger partial charge >= 0.3 is 0 Å². The van der Waals surface area contributed by atoms with Crippen LogP contribution in [0.25, 0.3) is 0 Å². The fourth-order valence-electron chi connectivity index (χ4n) is 1.33. The minimum absolute atomic E-state index is 0.203. The molecule has 2 aromatic rings. The number of hydrogen-bond acceptors (Lipinski definition) is 3. The molecule has 0 unspecified atom stereocenters. The van der Waals surface area contributed by atoms with E-state index in [0.29, 0.717) is 0 Å².